The van der Waals surface area contributed by atoms with Crippen LogP contribution in [0.4, 0.5) is 10.8 Å². The Bertz CT molecular complexity index is 795. The molecule has 0 fully saturated rings. The quantitative estimate of drug-likeness (QED) is 0.651. The van der Waals surface area contributed by atoms with Crippen LogP contribution in [-0.2, 0) is 4.79 Å². The van der Waals surface area contributed by atoms with Gasteiger partial charge in [0.15, 0.2) is 5.13 Å². The minimum absolute atomic E-state index is 0.0582. The van der Waals surface area contributed by atoms with Crippen LogP contribution in [0.5, 0.6) is 0 Å². The summed E-state index contributed by atoms with van der Waals surface area (Å²) in [6.45, 7) is 1.94. The highest BCUT2D eigenvalue weighted by molar-refractivity contribution is 7.22. The average molecular weight is 312 g/mol. The van der Waals surface area contributed by atoms with Gasteiger partial charge in [0.25, 0.3) is 0 Å². The fourth-order valence-electron chi connectivity index (χ4n) is 1.65. The van der Waals surface area contributed by atoms with Gasteiger partial charge in [-0.3, -0.25) is 10.2 Å². The first-order valence-electron chi connectivity index (χ1n) is 6.50. The van der Waals surface area contributed by atoms with Crippen LogP contribution in [0.25, 0.3) is 10.2 Å². The van der Waals surface area contributed by atoms with Crippen molar-refractivity contribution >= 4 is 44.0 Å². The minimum Gasteiger partial charge on any atom is -0.302 e. The maximum atomic E-state index is 11.6. The first kappa shape index (κ1) is 15.4. The monoisotopic (exact) mass is 312 g/mol. The van der Waals surface area contributed by atoms with Gasteiger partial charge < -0.3 is 5.32 Å². The lowest BCUT2D eigenvalue weighted by Gasteiger charge is -1.98. The molecule has 8 heteroatoms. The number of nitriles is 2. The van der Waals surface area contributed by atoms with Crippen molar-refractivity contribution in [2.75, 3.05) is 10.7 Å². The Hall–Kier alpha value is -2.97. The normalized spacial score (nSPS) is 9.59. The summed E-state index contributed by atoms with van der Waals surface area (Å²) in [5.41, 5.74) is 3.78. The van der Waals surface area contributed by atoms with E-state index in [1.165, 1.54) is 11.3 Å². The molecule has 110 valence electrons. The van der Waals surface area contributed by atoms with Gasteiger partial charge in [0.1, 0.15) is 12.1 Å². The Morgan fingerprint density at radius 1 is 1.41 bits per heavy atom. The molecular formula is C14H12N6OS. The first-order chi connectivity index (χ1) is 10.7. The molecule has 2 aromatic rings. The highest BCUT2D eigenvalue weighted by Crippen LogP contribution is 2.28. The number of benzene rings is 1. The molecule has 0 unspecified atom stereocenters. The van der Waals surface area contributed by atoms with E-state index >= 15 is 0 Å². The third-order valence-corrected chi connectivity index (χ3v) is 3.55. The second-order valence-corrected chi connectivity index (χ2v) is 5.33. The van der Waals surface area contributed by atoms with Crippen LogP contribution in [0.2, 0.25) is 0 Å². The lowest BCUT2D eigenvalue weighted by atomic mass is 10.3. The number of hydrogen-bond acceptors (Lipinski definition) is 7. The van der Waals surface area contributed by atoms with E-state index in [0.717, 1.165) is 16.6 Å². The Morgan fingerprint density at radius 2 is 2.18 bits per heavy atom. The van der Waals surface area contributed by atoms with Crippen molar-refractivity contribution in [2.45, 2.75) is 19.8 Å². The molecule has 0 aliphatic rings. The van der Waals surface area contributed by atoms with Crippen LogP contribution in [0, 0.1) is 22.7 Å². The molecule has 2 rings (SSSR count). The van der Waals surface area contributed by atoms with E-state index < -0.39 is 0 Å². The number of nitrogens with zero attached hydrogens (tertiary/aromatic N) is 4. The fourth-order valence-corrected chi connectivity index (χ4v) is 2.57. The van der Waals surface area contributed by atoms with E-state index in [9.17, 15) is 4.79 Å². The zero-order valence-corrected chi connectivity index (χ0v) is 12.6. The smallest absolute Gasteiger partial charge is 0.237 e. The number of amides is 1. The number of thiazole rings is 1. The van der Waals surface area contributed by atoms with Gasteiger partial charge in [-0.05, 0) is 24.6 Å². The van der Waals surface area contributed by atoms with Crippen molar-refractivity contribution in [1.29, 1.82) is 10.5 Å². The zero-order valence-electron chi connectivity index (χ0n) is 11.8. The average Bonchev–Trinajstić information content (AvgIpc) is 2.89. The van der Waals surface area contributed by atoms with Gasteiger partial charge >= 0.3 is 0 Å². The highest BCUT2D eigenvalue weighted by atomic mass is 32.1. The molecule has 1 aromatic heterocycles. The summed E-state index contributed by atoms with van der Waals surface area (Å²) in [6, 6.07) is 8.63. The number of nitrogens with one attached hydrogen (secondary N) is 2. The maximum absolute atomic E-state index is 11.6. The third-order valence-electron chi connectivity index (χ3n) is 2.62. The number of carbonyl (C=O) groups excluding carboxylic acids is 1. The van der Waals surface area contributed by atoms with E-state index in [0.29, 0.717) is 17.2 Å². The highest BCUT2D eigenvalue weighted by Gasteiger charge is 2.07. The lowest BCUT2D eigenvalue weighted by molar-refractivity contribution is -0.116. The summed E-state index contributed by atoms with van der Waals surface area (Å²) in [6.07, 6.45) is 1.24. The zero-order chi connectivity index (χ0) is 15.9. The second-order valence-electron chi connectivity index (χ2n) is 4.30. The molecular weight excluding hydrogens is 300 g/mol. The Kier molecular flexibility index (Phi) is 5.02. The predicted molar refractivity (Wildman–Crippen MR) is 85.4 cm³/mol. The van der Waals surface area contributed by atoms with Crippen LogP contribution in [0.1, 0.15) is 19.8 Å². The number of fused-ring (bicyclic) bond motifs is 1. The van der Waals surface area contributed by atoms with Crippen molar-refractivity contribution in [3.05, 3.63) is 18.2 Å². The lowest BCUT2D eigenvalue weighted by Crippen LogP contribution is -2.09. The molecule has 0 aliphatic heterocycles. The van der Waals surface area contributed by atoms with E-state index in [1.54, 1.807) is 30.3 Å². The SMILES string of the molecule is CCCC(=O)Nc1nc2ccc(NN=C(C#N)C#N)cc2s1. The van der Waals surface area contributed by atoms with Crippen LogP contribution < -0.4 is 10.7 Å². The molecule has 1 aromatic carbocycles. The standard InChI is InChI=1S/C14H12N6OS/c1-2-3-13(21)18-14-17-11-5-4-9(6-12(11)22-14)19-20-10(7-15)8-16/h4-6,19H,2-3H2,1H3,(H,17,18,21). The number of rotatable bonds is 5. The number of aromatic nitrogens is 1. The van der Waals surface area contributed by atoms with Crippen molar-refractivity contribution in [3.8, 4) is 12.1 Å². The van der Waals surface area contributed by atoms with E-state index in [4.69, 9.17) is 10.5 Å². The number of anilines is 2. The second kappa shape index (κ2) is 7.16. The Labute approximate surface area is 130 Å². The van der Waals surface area contributed by atoms with Gasteiger partial charge in [0.05, 0.1) is 15.9 Å². The molecule has 1 amide bonds. The summed E-state index contributed by atoms with van der Waals surface area (Å²) in [5.74, 6) is -0.0582. The third kappa shape index (κ3) is 3.78. The number of carbonyl (C=O) groups is 1. The molecule has 0 bridgehead atoms. The molecule has 22 heavy (non-hydrogen) atoms. The molecule has 0 saturated heterocycles. The van der Waals surface area contributed by atoms with E-state index in [1.807, 2.05) is 6.92 Å². The molecule has 0 aliphatic carbocycles. The van der Waals surface area contributed by atoms with E-state index in [-0.39, 0.29) is 11.6 Å². The molecule has 7 nitrogen and oxygen atoms in total. The molecule has 2 N–H and O–H groups in total. The summed E-state index contributed by atoms with van der Waals surface area (Å²) in [7, 11) is 0. The van der Waals surface area contributed by atoms with Gasteiger partial charge in [-0.2, -0.15) is 15.6 Å². The van der Waals surface area contributed by atoms with Crippen molar-refractivity contribution in [2.24, 2.45) is 5.10 Å². The van der Waals surface area contributed by atoms with Crippen molar-refractivity contribution < 1.29 is 4.79 Å². The summed E-state index contributed by atoms with van der Waals surface area (Å²) in [4.78, 5) is 15.9. The fraction of sp³-hybridized carbons (Fsp3) is 0.214. The van der Waals surface area contributed by atoms with Gasteiger partial charge in [-0.1, -0.05) is 18.3 Å². The van der Waals surface area contributed by atoms with Gasteiger partial charge in [-0.15, -0.1) is 0 Å². The minimum atomic E-state index is -0.253. The molecule has 0 radical (unpaired) electrons. The molecule has 0 saturated carbocycles. The number of hydrazone groups is 1. The van der Waals surface area contributed by atoms with Crippen molar-refractivity contribution in [3.63, 3.8) is 0 Å². The summed E-state index contributed by atoms with van der Waals surface area (Å²) >= 11 is 1.35. The maximum Gasteiger partial charge on any atom is 0.237 e. The first-order valence-corrected chi connectivity index (χ1v) is 7.32. The number of hydrogen-bond donors (Lipinski definition) is 2. The molecule has 0 spiro atoms. The topological polar surface area (TPSA) is 114 Å². The summed E-state index contributed by atoms with van der Waals surface area (Å²) < 4.78 is 0.863. The molecule has 1 heterocycles. The van der Waals surface area contributed by atoms with Crippen molar-refractivity contribution in [1.82, 2.24) is 4.98 Å². The van der Waals surface area contributed by atoms with Crippen LogP contribution >= 0.6 is 11.3 Å². The van der Waals surface area contributed by atoms with E-state index in [2.05, 4.69) is 20.8 Å². The van der Waals surface area contributed by atoms with Crippen LogP contribution in [0.3, 0.4) is 0 Å². The van der Waals surface area contributed by atoms with Crippen LogP contribution in [-0.4, -0.2) is 16.6 Å². The Balaban J connectivity index is 2.18. The van der Waals surface area contributed by atoms with Gasteiger partial charge in [-0.25, -0.2) is 4.98 Å². The Morgan fingerprint density at radius 3 is 2.86 bits per heavy atom. The molecule has 0 atom stereocenters. The van der Waals surface area contributed by atoms with Crippen LogP contribution in [0.15, 0.2) is 23.3 Å². The van der Waals surface area contributed by atoms with Gasteiger partial charge in [0.2, 0.25) is 11.6 Å². The predicted octanol–water partition coefficient (Wildman–Crippen LogP) is 2.85. The summed E-state index contributed by atoms with van der Waals surface area (Å²) in [5, 5.41) is 24.2. The van der Waals surface area contributed by atoms with Gasteiger partial charge in [0, 0.05) is 6.42 Å². The largest absolute Gasteiger partial charge is 0.302 e.